The molecule has 86 valence electrons. The highest BCUT2D eigenvalue weighted by Gasteiger charge is 2.63. The Kier molecular flexibility index (Phi) is 1.46. The molecule has 5 aliphatic carbocycles. The second kappa shape index (κ2) is 2.47. The van der Waals surface area contributed by atoms with Crippen LogP contribution in [0, 0.1) is 28.6 Å². The zero-order chi connectivity index (χ0) is 11.1. The lowest BCUT2D eigenvalue weighted by Crippen LogP contribution is -2.48. The van der Waals surface area contributed by atoms with Crippen molar-refractivity contribution in [2.45, 2.75) is 46.0 Å². The van der Waals surface area contributed by atoms with E-state index in [2.05, 4.69) is 19.9 Å². The molecule has 0 heterocycles. The van der Waals surface area contributed by atoms with E-state index in [4.69, 9.17) is 0 Å². The summed E-state index contributed by atoms with van der Waals surface area (Å²) in [5, 5.41) is 0. The number of allylic oxidation sites excluding steroid dienone is 2. The van der Waals surface area contributed by atoms with Gasteiger partial charge in [-0.1, -0.05) is 18.6 Å². The molecule has 2 bridgehead atoms. The molecular formula is C15H20O. The number of rotatable bonds is 0. The SMILES string of the molecule is CC1=CC2C(=O)CC1(C)C1CC3(CC3)CC21. The van der Waals surface area contributed by atoms with E-state index in [-0.39, 0.29) is 5.41 Å². The highest BCUT2D eigenvalue weighted by molar-refractivity contribution is 5.87. The van der Waals surface area contributed by atoms with Gasteiger partial charge < -0.3 is 0 Å². The van der Waals surface area contributed by atoms with Crippen molar-refractivity contribution in [3.05, 3.63) is 11.6 Å². The van der Waals surface area contributed by atoms with Crippen LogP contribution in [0.15, 0.2) is 11.6 Å². The highest BCUT2D eigenvalue weighted by atomic mass is 16.1. The summed E-state index contributed by atoms with van der Waals surface area (Å²) in [4.78, 5) is 12.1. The van der Waals surface area contributed by atoms with E-state index < -0.39 is 0 Å². The quantitative estimate of drug-likeness (QED) is 0.567. The van der Waals surface area contributed by atoms with Gasteiger partial charge in [-0.2, -0.15) is 0 Å². The molecule has 4 atom stereocenters. The van der Waals surface area contributed by atoms with Gasteiger partial charge in [0, 0.05) is 12.3 Å². The zero-order valence-electron chi connectivity index (χ0n) is 10.3. The summed E-state index contributed by atoms with van der Waals surface area (Å²) in [6.07, 6.45) is 8.80. The summed E-state index contributed by atoms with van der Waals surface area (Å²) < 4.78 is 0. The maximum atomic E-state index is 12.1. The third kappa shape index (κ3) is 0.919. The molecule has 0 saturated heterocycles. The number of carbonyl (C=O) groups is 1. The molecule has 0 aliphatic heterocycles. The average Bonchev–Trinajstić information content (AvgIpc) is 2.81. The Hall–Kier alpha value is -0.590. The van der Waals surface area contributed by atoms with Gasteiger partial charge in [0.1, 0.15) is 5.78 Å². The minimum Gasteiger partial charge on any atom is -0.299 e. The minimum atomic E-state index is 0.225. The van der Waals surface area contributed by atoms with Crippen LogP contribution >= 0.6 is 0 Å². The van der Waals surface area contributed by atoms with E-state index >= 15 is 0 Å². The van der Waals surface area contributed by atoms with Gasteiger partial charge in [-0.25, -0.2) is 0 Å². The van der Waals surface area contributed by atoms with Crippen LogP contribution in [0.5, 0.6) is 0 Å². The van der Waals surface area contributed by atoms with Crippen molar-refractivity contribution < 1.29 is 4.79 Å². The maximum absolute atomic E-state index is 12.1. The lowest BCUT2D eigenvalue weighted by atomic mass is 9.52. The monoisotopic (exact) mass is 216 g/mol. The smallest absolute Gasteiger partial charge is 0.140 e. The molecule has 3 saturated carbocycles. The fourth-order valence-corrected chi connectivity index (χ4v) is 4.96. The predicted molar refractivity (Wildman–Crippen MR) is 62.9 cm³/mol. The molecule has 5 rings (SSSR count). The van der Waals surface area contributed by atoms with Gasteiger partial charge >= 0.3 is 0 Å². The topological polar surface area (TPSA) is 17.1 Å². The van der Waals surface area contributed by atoms with Crippen molar-refractivity contribution in [2.24, 2.45) is 28.6 Å². The summed E-state index contributed by atoms with van der Waals surface area (Å²) in [5.41, 5.74) is 2.43. The molecule has 5 aliphatic rings. The Labute approximate surface area is 97.3 Å². The van der Waals surface area contributed by atoms with Gasteiger partial charge in [0.2, 0.25) is 0 Å². The molecular weight excluding hydrogens is 196 g/mol. The van der Waals surface area contributed by atoms with Gasteiger partial charge in [0.05, 0.1) is 0 Å². The Bertz CT molecular complexity index is 415. The second-order valence-corrected chi connectivity index (χ2v) is 7.11. The molecule has 3 fully saturated rings. The standard InChI is InChI=1S/C15H20O/c1-9-5-10-11-6-15(3-4-15)7-12(11)14(9,2)8-13(10)16/h5,10-12H,3-4,6-8H2,1-2H3. The van der Waals surface area contributed by atoms with Gasteiger partial charge in [-0.3, -0.25) is 4.79 Å². The lowest BCUT2D eigenvalue weighted by molar-refractivity contribution is -0.132. The normalized spacial score (nSPS) is 51.8. The highest BCUT2D eigenvalue weighted by Crippen LogP contribution is 2.70. The third-order valence-electron chi connectivity index (χ3n) is 6.32. The third-order valence-corrected chi connectivity index (χ3v) is 6.32. The van der Waals surface area contributed by atoms with Crippen molar-refractivity contribution >= 4 is 5.78 Å². The van der Waals surface area contributed by atoms with Crippen LogP contribution in [-0.2, 0) is 4.79 Å². The molecule has 1 spiro atoms. The van der Waals surface area contributed by atoms with E-state index in [1.54, 1.807) is 0 Å². The van der Waals surface area contributed by atoms with Crippen molar-refractivity contribution in [3.63, 3.8) is 0 Å². The summed E-state index contributed by atoms with van der Waals surface area (Å²) >= 11 is 0. The number of hydrogen-bond acceptors (Lipinski definition) is 1. The largest absolute Gasteiger partial charge is 0.299 e. The number of Topliss-reactive ketones (excluding diaryl/α,β-unsaturated/α-hetero) is 1. The molecule has 0 aromatic carbocycles. The average molecular weight is 216 g/mol. The van der Waals surface area contributed by atoms with E-state index in [1.165, 1.54) is 31.3 Å². The minimum absolute atomic E-state index is 0.225. The summed E-state index contributed by atoms with van der Waals surface area (Å²) in [7, 11) is 0. The first-order chi connectivity index (χ1) is 7.54. The molecule has 0 amide bonds. The first-order valence-corrected chi connectivity index (χ1v) is 6.76. The number of fused-ring (bicyclic) bond motifs is 1. The molecule has 4 unspecified atom stereocenters. The van der Waals surface area contributed by atoms with Crippen LogP contribution in [0.4, 0.5) is 0 Å². The van der Waals surface area contributed by atoms with Crippen molar-refractivity contribution in [3.8, 4) is 0 Å². The van der Waals surface area contributed by atoms with E-state index in [0.717, 1.165) is 12.3 Å². The Morgan fingerprint density at radius 3 is 2.75 bits per heavy atom. The Balaban J connectivity index is 1.82. The van der Waals surface area contributed by atoms with Crippen LogP contribution in [0.25, 0.3) is 0 Å². The molecule has 0 radical (unpaired) electrons. The number of ketones is 1. The van der Waals surface area contributed by atoms with Gasteiger partial charge in [0.15, 0.2) is 0 Å². The molecule has 16 heavy (non-hydrogen) atoms. The first kappa shape index (κ1) is 9.44. The molecule has 1 heteroatoms. The van der Waals surface area contributed by atoms with Crippen molar-refractivity contribution in [1.82, 2.24) is 0 Å². The summed E-state index contributed by atoms with van der Waals surface area (Å²) in [6, 6.07) is 0. The van der Waals surface area contributed by atoms with Crippen LogP contribution in [-0.4, -0.2) is 5.78 Å². The number of carbonyl (C=O) groups excluding carboxylic acids is 1. The Morgan fingerprint density at radius 2 is 2.06 bits per heavy atom. The fourth-order valence-electron chi connectivity index (χ4n) is 4.96. The van der Waals surface area contributed by atoms with Crippen molar-refractivity contribution in [2.75, 3.05) is 0 Å². The zero-order valence-corrected chi connectivity index (χ0v) is 10.3. The Morgan fingerprint density at radius 1 is 1.31 bits per heavy atom. The van der Waals surface area contributed by atoms with Crippen LogP contribution in [0.3, 0.4) is 0 Å². The predicted octanol–water partition coefficient (Wildman–Crippen LogP) is 3.35. The van der Waals surface area contributed by atoms with E-state index in [9.17, 15) is 4.79 Å². The fraction of sp³-hybridized carbons (Fsp3) is 0.800. The van der Waals surface area contributed by atoms with Crippen LogP contribution in [0.2, 0.25) is 0 Å². The first-order valence-electron chi connectivity index (χ1n) is 6.76. The van der Waals surface area contributed by atoms with Crippen LogP contribution in [0.1, 0.15) is 46.0 Å². The van der Waals surface area contributed by atoms with E-state index in [0.29, 0.717) is 23.0 Å². The molecule has 1 nitrogen and oxygen atoms in total. The van der Waals surface area contributed by atoms with Crippen LogP contribution < -0.4 is 0 Å². The van der Waals surface area contributed by atoms with Gasteiger partial charge in [-0.15, -0.1) is 0 Å². The lowest BCUT2D eigenvalue weighted by Gasteiger charge is -2.51. The van der Waals surface area contributed by atoms with Gasteiger partial charge in [-0.05, 0) is 55.3 Å². The second-order valence-electron chi connectivity index (χ2n) is 7.11. The number of hydrogen-bond donors (Lipinski definition) is 0. The molecule has 0 aromatic rings. The summed E-state index contributed by atoms with van der Waals surface area (Å²) in [5.74, 6) is 2.36. The maximum Gasteiger partial charge on any atom is 0.140 e. The summed E-state index contributed by atoms with van der Waals surface area (Å²) in [6.45, 7) is 4.61. The van der Waals surface area contributed by atoms with E-state index in [1.807, 2.05) is 0 Å². The molecule has 0 N–H and O–H groups in total. The van der Waals surface area contributed by atoms with Crippen molar-refractivity contribution in [1.29, 1.82) is 0 Å². The van der Waals surface area contributed by atoms with Gasteiger partial charge in [0.25, 0.3) is 0 Å². The molecule has 0 aromatic heterocycles.